The highest BCUT2D eigenvalue weighted by Crippen LogP contribution is 2.36. The smallest absolute Gasteiger partial charge is 0.254 e. The number of unbranched alkanes of at least 4 members (excludes halogenated alkanes) is 1. The number of piperidine rings is 1. The topological polar surface area (TPSA) is 59.0 Å². The Morgan fingerprint density at radius 3 is 2.41 bits per heavy atom. The lowest BCUT2D eigenvalue weighted by Gasteiger charge is -2.40. The molecule has 2 unspecified atom stereocenters. The van der Waals surface area contributed by atoms with E-state index in [2.05, 4.69) is 42.2 Å². The highest BCUT2D eigenvalue weighted by Gasteiger charge is 2.32. The summed E-state index contributed by atoms with van der Waals surface area (Å²) >= 11 is 0. The number of hydrogen-bond acceptors (Lipinski definition) is 4. The Morgan fingerprint density at radius 1 is 1.03 bits per heavy atom. The van der Waals surface area contributed by atoms with Crippen LogP contribution in [0.15, 0.2) is 48.5 Å². The van der Waals surface area contributed by atoms with Gasteiger partial charge in [0.25, 0.3) is 5.91 Å². The molecule has 1 N–H and O–H groups in total. The van der Waals surface area contributed by atoms with E-state index in [1.165, 1.54) is 5.56 Å². The molecule has 1 fully saturated rings. The highest BCUT2D eigenvalue weighted by atomic mass is 16.6. The molecule has 0 spiro atoms. The second-order valence-corrected chi connectivity index (χ2v) is 7.79. The molecule has 1 amide bonds. The zero-order valence-electron chi connectivity index (χ0n) is 20.0. The fourth-order valence-electron chi connectivity index (χ4n) is 4.40. The summed E-state index contributed by atoms with van der Waals surface area (Å²) in [6.07, 6.45) is 5.43. The van der Waals surface area contributed by atoms with Gasteiger partial charge in [-0.15, -0.1) is 0 Å². The molecular formula is C27H39NO4. The van der Waals surface area contributed by atoms with Crippen LogP contribution >= 0.6 is 0 Å². The van der Waals surface area contributed by atoms with Gasteiger partial charge in [0.2, 0.25) is 0 Å². The van der Waals surface area contributed by atoms with Gasteiger partial charge in [0.15, 0.2) is 11.5 Å². The number of amides is 1. The van der Waals surface area contributed by atoms with Crippen LogP contribution in [-0.2, 0) is 0 Å². The molecule has 2 aliphatic heterocycles. The van der Waals surface area contributed by atoms with Gasteiger partial charge in [-0.1, -0.05) is 63.9 Å². The zero-order valence-corrected chi connectivity index (χ0v) is 20.0. The van der Waals surface area contributed by atoms with Crippen molar-refractivity contribution < 1.29 is 19.4 Å². The van der Waals surface area contributed by atoms with Crippen molar-refractivity contribution in [3.8, 4) is 11.5 Å². The molecule has 5 heteroatoms. The normalized spacial score (nSPS) is 19.1. The van der Waals surface area contributed by atoms with Crippen LogP contribution in [0.25, 0.3) is 0 Å². The van der Waals surface area contributed by atoms with E-state index in [-0.39, 0.29) is 5.91 Å². The van der Waals surface area contributed by atoms with Crippen molar-refractivity contribution in [1.82, 2.24) is 4.90 Å². The maximum absolute atomic E-state index is 13.3. The molecule has 2 aromatic carbocycles. The Hall–Kier alpha value is -2.53. The first-order valence-electron chi connectivity index (χ1n) is 12.0. The largest absolute Gasteiger partial charge is 0.486 e. The number of likely N-dealkylation sites (tertiary alicyclic amines) is 1. The predicted octanol–water partition coefficient (Wildman–Crippen LogP) is 5.67. The quantitative estimate of drug-likeness (QED) is 0.649. The van der Waals surface area contributed by atoms with E-state index in [0.717, 1.165) is 51.5 Å². The third-order valence-electron chi connectivity index (χ3n) is 5.93. The van der Waals surface area contributed by atoms with Crippen molar-refractivity contribution in [2.24, 2.45) is 0 Å². The summed E-state index contributed by atoms with van der Waals surface area (Å²) in [6.45, 7) is 8.12. The molecule has 1 saturated heterocycles. The van der Waals surface area contributed by atoms with Crippen LogP contribution < -0.4 is 9.47 Å². The van der Waals surface area contributed by atoms with Crippen LogP contribution in [0.4, 0.5) is 0 Å². The lowest BCUT2D eigenvalue weighted by atomic mass is 9.83. The minimum Gasteiger partial charge on any atom is -0.486 e. The van der Waals surface area contributed by atoms with Crippen LogP contribution in [0.3, 0.4) is 0 Å². The van der Waals surface area contributed by atoms with Crippen molar-refractivity contribution in [3.05, 3.63) is 59.7 Å². The SMILES string of the molecule is CC.CCCCC1CC(c2ccccc2)CCN1C(=O)c1ccc2c(c1)OCCO2.CO. The monoisotopic (exact) mass is 441 g/mol. The van der Waals surface area contributed by atoms with Gasteiger partial charge in [-0.05, 0) is 48.9 Å². The maximum atomic E-state index is 13.3. The van der Waals surface area contributed by atoms with E-state index in [4.69, 9.17) is 14.6 Å². The van der Waals surface area contributed by atoms with E-state index in [9.17, 15) is 4.79 Å². The molecule has 0 aliphatic carbocycles. The molecule has 32 heavy (non-hydrogen) atoms. The second-order valence-electron chi connectivity index (χ2n) is 7.79. The first kappa shape index (κ1) is 25.7. The van der Waals surface area contributed by atoms with Gasteiger partial charge in [-0.3, -0.25) is 4.79 Å². The molecule has 2 heterocycles. The van der Waals surface area contributed by atoms with E-state index in [0.29, 0.717) is 36.5 Å². The Labute approximate surface area is 193 Å². The lowest BCUT2D eigenvalue weighted by Crippen LogP contribution is -2.45. The summed E-state index contributed by atoms with van der Waals surface area (Å²) < 4.78 is 11.3. The van der Waals surface area contributed by atoms with Crippen molar-refractivity contribution in [3.63, 3.8) is 0 Å². The number of aliphatic hydroxyl groups is 1. The number of benzene rings is 2. The molecule has 2 atom stereocenters. The summed E-state index contributed by atoms with van der Waals surface area (Å²) in [6, 6.07) is 16.6. The summed E-state index contributed by atoms with van der Waals surface area (Å²) in [5.74, 6) is 2.06. The molecule has 176 valence electrons. The van der Waals surface area contributed by atoms with Crippen molar-refractivity contribution in [2.45, 2.75) is 64.8 Å². The van der Waals surface area contributed by atoms with Crippen LogP contribution in [-0.4, -0.2) is 48.8 Å². The Kier molecular flexibility index (Phi) is 11.1. The Morgan fingerprint density at radius 2 is 1.72 bits per heavy atom. The van der Waals surface area contributed by atoms with E-state index in [1.807, 2.05) is 32.0 Å². The third-order valence-corrected chi connectivity index (χ3v) is 5.93. The minimum atomic E-state index is 0.115. The number of nitrogens with zero attached hydrogens (tertiary/aromatic N) is 1. The van der Waals surface area contributed by atoms with Gasteiger partial charge in [0.05, 0.1) is 0 Å². The van der Waals surface area contributed by atoms with Crippen molar-refractivity contribution in [2.75, 3.05) is 26.9 Å². The van der Waals surface area contributed by atoms with Gasteiger partial charge in [0.1, 0.15) is 13.2 Å². The number of fused-ring (bicyclic) bond motifs is 1. The van der Waals surface area contributed by atoms with Crippen LogP contribution in [0, 0.1) is 0 Å². The average Bonchev–Trinajstić information content (AvgIpc) is 2.89. The number of aliphatic hydroxyl groups excluding tert-OH is 1. The fourth-order valence-corrected chi connectivity index (χ4v) is 4.40. The summed E-state index contributed by atoms with van der Waals surface area (Å²) in [7, 11) is 1.00. The van der Waals surface area contributed by atoms with Gasteiger partial charge in [-0.25, -0.2) is 0 Å². The van der Waals surface area contributed by atoms with Crippen LogP contribution in [0.1, 0.15) is 74.7 Å². The predicted molar refractivity (Wildman–Crippen MR) is 130 cm³/mol. The molecule has 0 radical (unpaired) electrons. The summed E-state index contributed by atoms with van der Waals surface area (Å²) in [5.41, 5.74) is 2.10. The Bertz CT molecular complexity index is 809. The minimum absolute atomic E-state index is 0.115. The number of carbonyl (C=O) groups excluding carboxylic acids is 1. The maximum Gasteiger partial charge on any atom is 0.254 e. The first-order valence-corrected chi connectivity index (χ1v) is 12.0. The van der Waals surface area contributed by atoms with Gasteiger partial charge in [0, 0.05) is 25.3 Å². The van der Waals surface area contributed by atoms with Crippen LogP contribution in [0.2, 0.25) is 0 Å². The van der Waals surface area contributed by atoms with Crippen molar-refractivity contribution in [1.29, 1.82) is 0 Å². The fraction of sp³-hybridized carbons (Fsp3) is 0.519. The molecule has 0 aromatic heterocycles. The third kappa shape index (κ3) is 6.49. The lowest BCUT2D eigenvalue weighted by molar-refractivity contribution is 0.0574. The summed E-state index contributed by atoms with van der Waals surface area (Å²) in [4.78, 5) is 15.4. The van der Waals surface area contributed by atoms with Crippen molar-refractivity contribution >= 4 is 5.91 Å². The number of carbonyl (C=O) groups is 1. The molecule has 4 rings (SSSR count). The van der Waals surface area contributed by atoms with E-state index < -0.39 is 0 Å². The Balaban J connectivity index is 0.000000860. The van der Waals surface area contributed by atoms with E-state index >= 15 is 0 Å². The molecule has 2 aromatic rings. The molecule has 0 bridgehead atoms. The molecule has 0 saturated carbocycles. The zero-order chi connectivity index (χ0) is 23.3. The van der Waals surface area contributed by atoms with Gasteiger partial charge >= 0.3 is 0 Å². The van der Waals surface area contributed by atoms with Gasteiger partial charge in [-0.2, -0.15) is 0 Å². The van der Waals surface area contributed by atoms with E-state index in [1.54, 1.807) is 0 Å². The molecular weight excluding hydrogens is 402 g/mol. The first-order chi connectivity index (χ1) is 15.8. The average molecular weight is 442 g/mol. The number of ether oxygens (including phenoxy) is 2. The second kappa shape index (κ2) is 13.8. The molecule has 5 nitrogen and oxygen atoms in total. The molecule has 2 aliphatic rings. The van der Waals surface area contributed by atoms with Crippen LogP contribution in [0.5, 0.6) is 11.5 Å². The standard InChI is InChI=1S/C24H29NO3.C2H6.CH4O/c1-2-3-9-21-16-19(18-7-5-4-6-8-18)12-13-25(21)24(26)20-10-11-22-23(17-20)28-15-14-27-22;2*1-2/h4-8,10-11,17,19,21H,2-3,9,12-16H2,1H3;1-2H3;2H,1H3. The van der Waals surface area contributed by atoms with Gasteiger partial charge < -0.3 is 19.5 Å². The highest BCUT2D eigenvalue weighted by molar-refractivity contribution is 5.95. The summed E-state index contributed by atoms with van der Waals surface area (Å²) in [5, 5.41) is 7.00. The number of rotatable bonds is 5. The number of hydrogen-bond donors (Lipinski definition) is 1.